The maximum absolute atomic E-state index is 12.7. The second-order valence-electron chi connectivity index (χ2n) is 5.16. The zero-order chi connectivity index (χ0) is 14.3. The molecule has 7 heteroatoms. The van der Waals surface area contributed by atoms with Crippen LogP contribution in [0.25, 0.3) is 0 Å². The van der Waals surface area contributed by atoms with Crippen molar-refractivity contribution >= 4 is 23.1 Å². The van der Waals surface area contributed by atoms with Gasteiger partial charge in [-0.15, -0.1) is 0 Å². The zero-order valence-electron chi connectivity index (χ0n) is 10.8. The Bertz CT molecular complexity index is 474. The van der Waals surface area contributed by atoms with Crippen molar-refractivity contribution in [2.45, 2.75) is 24.8 Å². The van der Waals surface area contributed by atoms with Crippen molar-refractivity contribution in [3.8, 4) is 0 Å². The minimum absolute atomic E-state index is 0.00631. The molecule has 0 atom stereocenters. The van der Waals surface area contributed by atoms with Crippen LogP contribution in [-0.2, 0) is 6.18 Å². The molecule has 3 nitrogen and oxygen atoms in total. The van der Waals surface area contributed by atoms with E-state index >= 15 is 0 Å². The summed E-state index contributed by atoms with van der Waals surface area (Å²) in [5.41, 5.74) is 5.59. The van der Waals surface area contributed by atoms with Gasteiger partial charge in [-0.25, -0.2) is 4.98 Å². The number of nitrogens with zero attached hydrogens (tertiary/aromatic N) is 2. The Kier molecular flexibility index (Phi) is 3.59. The van der Waals surface area contributed by atoms with Crippen LogP contribution in [0.3, 0.4) is 0 Å². The van der Waals surface area contributed by atoms with E-state index in [-0.39, 0.29) is 10.4 Å². The average molecular weight is 291 g/mol. The highest BCUT2D eigenvalue weighted by Crippen LogP contribution is 2.37. The minimum atomic E-state index is -4.44. The fourth-order valence-electron chi connectivity index (χ4n) is 2.11. The molecule has 0 amide bonds. The first-order chi connectivity index (χ1) is 8.69. The molecule has 2 heterocycles. The summed E-state index contributed by atoms with van der Waals surface area (Å²) in [4.78, 5) is 5.27. The molecule has 106 valence electrons. The lowest BCUT2D eigenvalue weighted by molar-refractivity contribution is -0.141. The highest BCUT2D eigenvalue weighted by atomic mass is 32.2. The predicted octanol–water partition coefficient (Wildman–Crippen LogP) is 3.01. The summed E-state index contributed by atoms with van der Waals surface area (Å²) in [6.45, 7) is 5.51. The summed E-state index contributed by atoms with van der Waals surface area (Å²) in [6.07, 6.45) is -3.35. The van der Waals surface area contributed by atoms with Gasteiger partial charge in [0.2, 0.25) is 0 Å². The van der Waals surface area contributed by atoms with E-state index in [9.17, 15) is 13.2 Å². The quantitative estimate of drug-likeness (QED) is 0.863. The van der Waals surface area contributed by atoms with Gasteiger partial charge in [0.15, 0.2) is 0 Å². The van der Waals surface area contributed by atoms with E-state index in [1.807, 2.05) is 16.7 Å². The number of alkyl halides is 3. The van der Waals surface area contributed by atoms with Crippen molar-refractivity contribution in [1.82, 2.24) is 4.98 Å². The Morgan fingerprint density at radius 2 is 2.11 bits per heavy atom. The molecule has 0 spiro atoms. The molecule has 0 radical (unpaired) electrons. The van der Waals surface area contributed by atoms with Gasteiger partial charge in [-0.3, -0.25) is 0 Å². The molecule has 0 unspecified atom stereocenters. The lowest BCUT2D eigenvalue weighted by atomic mass is 10.1. The van der Waals surface area contributed by atoms with E-state index < -0.39 is 11.9 Å². The number of aromatic nitrogens is 1. The van der Waals surface area contributed by atoms with Crippen molar-refractivity contribution in [2.75, 3.05) is 29.5 Å². The highest BCUT2D eigenvalue weighted by Gasteiger charge is 2.34. The van der Waals surface area contributed by atoms with Gasteiger partial charge in [-0.1, -0.05) is 0 Å². The van der Waals surface area contributed by atoms with Gasteiger partial charge in [0.1, 0.15) is 5.69 Å². The van der Waals surface area contributed by atoms with Crippen LogP contribution in [0.15, 0.2) is 12.3 Å². The molecule has 0 aromatic carbocycles. The van der Waals surface area contributed by atoms with Gasteiger partial charge in [-0.2, -0.15) is 24.9 Å². The predicted molar refractivity (Wildman–Crippen MR) is 72.4 cm³/mol. The van der Waals surface area contributed by atoms with Crippen LogP contribution in [0.4, 0.5) is 24.5 Å². The maximum atomic E-state index is 12.7. The highest BCUT2D eigenvalue weighted by molar-refractivity contribution is 8.00. The van der Waals surface area contributed by atoms with E-state index in [4.69, 9.17) is 5.73 Å². The zero-order valence-corrected chi connectivity index (χ0v) is 11.6. The van der Waals surface area contributed by atoms with Crippen LogP contribution in [-0.4, -0.2) is 28.6 Å². The summed E-state index contributed by atoms with van der Waals surface area (Å²) in [5, 5.41) is 0. The van der Waals surface area contributed by atoms with E-state index in [0.717, 1.165) is 18.0 Å². The molecule has 1 aromatic rings. The molecular weight excluding hydrogens is 275 g/mol. The number of thioether (sulfide) groups is 1. The molecular formula is C12H16F3N3S. The number of halogens is 3. The van der Waals surface area contributed by atoms with Crippen LogP contribution >= 0.6 is 11.8 Å². The third-order valence-corrected chi connectivity index (χ3v) is 4.27. The molecule has 1 aliphatic heterocycles. The Morgan fingerprint density at radius 3 is 2.68 bits per heavy atom. The van der Waals surface area contributed by atoms with Crippen molar-refractivity contribution in [3.05, 3.63) is 18.0 Å². The van der Waals surface area contributed by atoms with Gasteiger partial charge in [0, 0.05) is 23.6 Å². The molecule has 19 heavy (non-hydrogen) atoms. The topological polar surface area (TPSA) is 42.2 Å². The van der Waals surface area contributed by atoms with Crippen LogP contribution in [0.5, 0.6) is 0 Å². The first kappa shape index (κ1) is 14.3. The Balaban J connectivity index is 2.33. The number of anilines is 2. The van der Waals surface area contributed by atoms with Crippen LogP contribution in [0, 0.1) is 0 Å². The Labute approximate surface area is 114 Å². The number of rotatable bonds is 1. The summed E-state index contributed by atoms with van der Waals surface area (Å²) in [5.74, 6) is 0.871. The lowest BCUT2D eigenvalue weighted by Gasteiger charge is -2.39. The van der Waals surface area contributed by atoms with E-state index in [1.165, 1.54) is 0 Å². The van der Waals surface area contributed by atoms with E-state index in [0.29, 0.717) is 18.8 Å². The van der Waals surface area contributed by atoms with Gasteiger partial charge in [0.05, 0.1) is 17.6 Å². The largest absolute Gasteiger partial charge is 0.433 e. The number of nitrogen functional groups attached to an aromatic ring is 1. The summed E-state index contributed by atoms with van der Waals surface area (Å²) in [7, 11) is 0. The van der Waals surface area contributed by atoms with Crippen molar-refractivity contribution < 1.29 is 13.2 Å². The Hall–Kier alpha value is -1.11. The molecule has 2 N–H and O–H groups in total. The van der Waals surface area contributed by atoms with Crippen molar-refractivity contribution in [3.63, 3.8) is 0 Å². The number of hydrogen-bond acceptors (Lipinski definition) is 4. The monoisotopic (exact) mass is 291 g/mol. The SMILES string of the molecule is CC1(C)CN(c2cc(C(F)(F)F)ncc2N)CCS1. The Morgan fingerprint density at radius 1 is 1.42 bits per heavy atom. The number of hydrogen-bond donors (Lipinski definition) is 1. The molecule has 0 saturated carbocycles. The molecule has 1 aromatic heterocycles. The van der Waals surface area contributed by atoms with Gasteiger partial charge >= 0.3 is 6.18 Å². The van der Waals surface area contributed by atoms with Crippen molar-refractivity contribution in [1.29, 1.82) is 0 Å². The van der Waals surface area contributed by atoms with Crippen LogP contribution in [0.1, 0.15) is 19.5 Å². The van der Waals surface area contributed by atoms with Crippen LogP contribution in [0.2, 0.25) is 0 Å². The van der Waals surface area contributed by atoms with Gasteiger partial charge in [-0.05, 0) is 19.9 Å². The summed E-state index contributed by atoms with van der Waals surface area (Å²) < 4.78 is 38.1. The standard InChI is InChI=1S/C12H16F3N3S/c1-11(2)7-18(3-4-19-11)9-5-10(12(13,14)15)17-6-8(9)16/h5-6H,3-4,7,16H2,1-2H3. The first-order valence-corrected chi connectivity index (χ1v) is 6.89. The first-order valence-electron chi connectivity index (χ1n) is 5.91. The average Bonchev–Trinajstić information content (AvgIpc) is 2.26. The van der Waals surface area contributed by atoms with Crippen molar-refractivity contribution in [2.24, 2.45) is 0 Å². The molecule has 0 bridgehead atoms. The number of pyridine rings is 1. The fraction of sp³-hybridized carbons (Fsp3) is 0.583. The normalized spacial score (nSPS) is 19.5. The van der Waals surface area contributed by atoms with Crippen LogP contribution < -0.4 is 10.6 Å². The van der Waals surface area contributed by atoms with Gasteiger partial charge in [0.25, 0.3) is 0 Å². The third kappa shape index (κ3) is 3.26. The summed E-state index contributed by atoms with van der Waals surface area (Å²) in [6, 6.07) is 1.04. The number of nitrogens with two attached hydrogens (primary N) is 1. The second-order valence-corrected chi connectivity index (χ2v) is 6.96. The molecule has 1 fully saturated rings. The molecule has 1 aliphatic rings. The second kappa shape index (κ2) is 4.77. The van der Waals surface area contributed by atoms with E-state index in [1.54, 1.807) is 0 Å². The summed E-state index contributed by atoms with van der Waals surface area (Å²) >= 11 is 1.81. The maximum Gasteiger partial charge on any atom is 0.433 e. The third-order valence-electron chi connectivity index (χ3n) is 2.97. The lowest BCUT2D eigenvalue weighted by Crippen LogP contribution is -2.43. The van der Waals surface area contributed by atoms with Gasteiger partial charge < -0.3 is 10.6 Å². The smallest absolute Gasteiger partial charge is 0.396 e. The molecule has 2 rings (SSSR count). The molecule has 1 saturated heterocycles. The van der Waals surface area contributed by atoms with E-state index in [2.05, 4.69) is 18.8 Å². The fourth-order valence-corrected chi connectivity index (χ4v) is 3.22. The molecule has 0 aliphatic carbocycles. The minimum Gasteiger partial charge on any atom is -0.396 e.